The minimum absolute atomic E-state index is 0. The summed E-state index contributed by atoms with van der Waals surface area (Å²) < 4.78 is 10.7. The normalized spacial score (nSPS) is 9.93. The van der Waals surface area contributed by atoms with Gasteiger partial charge in [0.2, 0.25) is 0 Å². The third-order valence-electron chi connectivity index (χ3n) is 4.83. The second kappa shape index (κ2) is 21.9. The molecule has 0 saturated heterocycles. The van der Waals surface area contributed by atoms with Crippen LogP contribution in [0, 0.1) is 0 Å². The van der Waals surface area contributed by atoms with Crippen molar-refractivity contribution in [3.8, 4) is 0 Å². The van der Waals surface area contributed by atoms with Crippen molar-refractivity contribution in [2.45, 2.75) is 90.9 Å². The fourth-order valence-corrected chi connectivity index (χ4v) is 3.09. The molecule has 6 heteroatoms. The number of ether oxygens (including phenoxy) is 2. The molecule has 1 aromatic carbocycles. The van der Waals surface area contributed by atoms with E-state index in [4.69, 9.17) is 9.47 Å². The van der Waals surface area contributed by atoms with Crippen molar-refractivity contribution in [2.24, 2.45) is 0 Å². The van der Waals surface area contributed by atoms with E-state index in [1.807, 2.05) is 0 Å². The van der Waals surface area contributed by atoms with E-state index in [-0.39, 0.29) is 55.0 Å². The van der Waals surface area contributed by atoms with Crippen molar-refractivity contribution in [3.63, 3.8) is 0 Å². The minimum Gasteiger partial charge on any atom is -0.462 e. The van der Waals surface area contributed by atoms with Gasteiger partial charge in [-0.2, -0.15) is 0 Å². The van der Waals surface area contributed by atoms with Gasteiger partial charge >= 0.3 is 11.9 Å². The zero-order valence-electron chi connectivity index (χ0n) is 19.3. The van der Waals surface area contributed by atoms with Crippen LogP contribution in [0.4, 0.5) is 0 Å². The van der Waals surface area contributed by atoms with Crippen LogP contribution in [0.15, 0.2) is 24.3 Å². The van der Waals surface area contributed by atoms with Crippen LogP contribution >= 0.6 is 0 Å². The number of carbonyl (C=O) groups is 2. The van der Waals surface area contributed by atoms with Gasteiger partial charge in [-0.1, -0.05) is 90.2 Å². The van der Waals surface area contributed by atoms with Crippen molar-refractivity contribution in [2.75, 3.05) is 13.2 Å². The van der Waals surface area contributed by atoms with Gasteiger partial charge in [-0.25, -0.2) is 9.59 Å². The molecule has 0 fully saturated rings. The van der Waals surface area contributed by atoms with Gasteiger partial charge in [0.05, 0.1) is 24.3 Å². The van der Waals surface area contributed by atoms with E-state index in [9.17, 15) is 9.59 Å². The molecule has 0 aromatic heterocycles. The Morgan fingerprint density at radius 1 is 0.633 bits per heavy atom. The molecule has 0 aliphatic heterocycles. The van der Waals surface area contributed by atoms with E-state index in [1.165, 1.54) is 51.4 Å². The maximum Gasteiger partial charge on any atom is 0.339 e. The molecule has 168 valence electrons. The Morgan fingerprint density at radius 3 is 1.33 bits per heavy atom. The Kier molecular flexibility index (Phi) is 23.3. The standard InChI is InChI=1S/C24H38O4.Ba.H3N/c1-3-5-7-9-11-15-19-27-23(25)21-17-13-14-18-22(21)24(26)28-20-16-12-10-8-6-4-2;;/h13-14,17-18H,3-12,15-16,19-20H2,1-2H3;;1H3. The number of unbranched alkanes of at least 4 members (excludes halogenated alkanes) is 10. The summed E-state index contributed by atoms with van der Waals surface area (Å²) in [5.41, 5.74) is 0.586. The molecule has 0 aliphatic carbocycles. The average molecular weight is 545 g/mol. The Morgan fingerprint density at radius 2 is 0.967 bits per heavy atom. The van der Waals surface area contributed by atoms with Crippen LogP contribution in [0.1, 0.15) is 112 Å². The van der Waals surface area contributed by atoms with Crippen molar-refractivity contribution in [1.29, 1.82) is 0 Å². The van der Waals surface area contributed by atoms with Crippen molar-refractivity contribution < 1.29 is 19.1 Å². The largest absolute Gasteiger partial charge is 0.462 e. The molecule has 0 atom stereocenters. The molecule has 0 unspecified atom stereocenters. The van der Waals surface area contributed by atoms with Crippen molar-refractivity contribution in [3.05, 3.63) is 35.4 Å². The number of benzene rings is 1. The molecule has 5 nitrogen and oxygen atoms in total. The van der Waals surface area contributed by atoms with Crippen LogP contribution < -0.4 is 6.15 Å². The summed E-state index contributed by atoms with van der Waals surface area (Å²) in [5, 5.41) is 0. The third kappa shape index (κ3) is 14.7. The van der Waals surface area contributed by atoms with Crippen LogP contribution in [-0.4, -0.2) is 74.0 Å². The minimum atomic E-state index is -0.444. The first kappa shape index (κ1) is 31.9. The molecule has 0 amide bonds. The number of esters is 2. The predicted octanol–water partition coefficient (Wildman–Crippen LogP) is 6.50. The Labute approximate surface area is 223 Å². The fraction of sp³-hybridized carbons (Fsp3) is 0.667. The van der Waals surface area contributed by atoms with Gasteiger partial charge in [-0.05, 0) is 25.0 Å². The number of hydrogen-bond acceptors (Lipinski definition) is 5. The molecular formula is C24H41BaNO4. The Bertz CT molecular complexity index is 517. The zero-order chi connectivity index (χ0) is 20.5. The van der Waals surface area contributed by atoms with Crippen molar-refractivity contribution >= 4 is 60.8 Å². The van der Waals surface area contributed by atoms with Crippen LogP contribution in [0.3, 0.4) is 0 Å². The second-order valence-electron chi connectivity index (χ2n) is 7.35. The van der Waals surface area contributed by atoms with E-state index in [1.54, 1.807) is 24.3 Å². The van der Waals surface area contributed by atoms with Gasteiger partial charge in [0, 0.05) is 48.9 Å². The van der Waals surface area contributed by atoms with Crippen LogP contribution in [0.25, 0.3) is 0 Å². The van der Waals surface area contributed by atoms with Gasteiger partial charge < -0.3 is 15.6 Å². The molecule has 1 rings (SSSR count). The summed E-state index contributed by atoms with van der Waals surface area (Å²) in [4.78, 5) is 24.7. The van der Waals surface area contributed by atoms with E-state index >= 15 is 0 Å². The van der Waals surface area contributed by atoms with E-state index in [0.29, 0.717) is 24.3 Å². The second-order valence-corrected chi connectivity index (χ2v) is 7.35. The first-order valence-electron chi connectivity index (χ1n) is 11.1. The molecule has 30 heavy (non-hydrogen) atoms. The number of rotatable bonds is 16. The van der Waals surface area contributed by atoms with Gasteiger partial charge in [0.25, 0.3) is 0 Å². The number of hydrogen-bond donors (Lipinski definition) is 1. The fourth-order valence-electron chi connectivity index (χ4n) is 3.09. The SMILES string of the molecule is CCCCCCCCOC(=O)c1ccccc1C(=O)OCCCCCCCC.N.[Ba]. The van der Waals surface area contributed by atoms with Gasteiger partial charge in [-0.15, -0.1) is 0 Å². The molecule has 0 spiro atoms. The summed E-state index contributed by atoms with van der Waals surface area (Å²) >= 11 is 0. The van der Waals surface area contributed by atoms with Gasteiger partial charge in [0.15, 0.2) is 0 Å². The molecule has 2 radical (unpaired) electrons. The summed E-state index contributed by atoms with van der Waals surface area (Å²) in [5.74, 6) is -0.888. The van der Waals surface area contributed by atoms with E-state index in [0.717, 1.165) is 25.7 Å². The molecule has 0 bridgehead atoms. The first-order chi connectivity index (χ1) is 13.7. The van der Waals surface area contributed by atoms with Crippen molar-refractivity contribution in [1.82, 2.24) is 6.15 Å². The van der Waals surface area contributed by atoms with Crippen LogP contribution in [-0.2, 0) is 9.47 Å². The molecule has 3 N–H and O–H groups in total. The van der Waals surface area contributed by atoms with Crippen LogP contribution in [0.5, 0.6) is 0 Å². The average Bonchev–Trinajstić information content (AvgIpc) is 2.72. The summed E-state index contributed by atoms with van der Waals surface area (Å²) in [7, 11) is 0. The Hall–Kier alpha value is -0.309. The van der Waals surface area contributed by atoms with E-state index in [2.05, 4.69) is 13.8 Å². The Balaban J connectivity index is 0. The number of carbonyl (C=O) groups excluding carboxylic acids is 2. The summed E-state index contributed by atoms with van der Waals surface area (Å²) in [6.07, 6.45) is 13.6. The molecular weight excluding hydrogens is 504 g/mol. The maximum absolute atomic E-state index is 12.4. The monoisotopic (exact) mass is 545 g/mol. The molecule has 1 aromatic rings. The molecule has 0 saturated carbocycles. The molecule has 0 aliphatic rings. The summed E-state index contributed by atoms with van der Waals surface area (Å²) in [6.45, 7) is 5.17. The topological polar surface area (TPSA) is 87.6 Å². The smallest absolute Gasteiger partial charge is 0.339 e. The predicted molar refractivity (Wildman–Crippen MR) is 125 cm³/mol. The maximum atomic E-state index is 12.4. The quantitative estimate of drug-likeness (QED) is 0.146. The third-order valence-corrected chi connectivity index (χ3v) is 4.83. The van der Waals surface area contributed by atoms with E-state index < -0.39 is 11.9 Å². The van der Waals surface area contributed by atoms with Gasteiger partial charge in [0.1, 0.15) is 0 Å². The van der Waals surface area contributed by atoms with Gasteiger partial charge in [-0.3, -0.25) is 0 Å². The van der Waals surface area contributed by atoms with Crippen LogP contribution in [0.2, 0.25) is 0 Å². The summed E-state index contributed by atoms with van der Waals surface area (Å²) in [6, 6.07) is 6.74. The zero-order valence-corrected chi connectivity index (χ0v) is 23.7. The molecule has 0 heterocycles. The first-order valence-corrected chi connectivity index (χ1v) is 11.1.